The van der Waals surface area contributed by atoms with E-state index >= 15 is 0 Å². The van der Waals surface area contributed by atoms with Crippen LogP contribution in [0.1, 0.15) is 12.8 Å². The van der Waals surface area contributed by atoms with Crippen LogP contribution in [0, 0.1) is 0 Å². The van der Waals surface area contributed by atoms with Crippen LogP contribution in [-0.4, -0.2) is 60.4 Å². The van der Waals surface area contributed by atoms with Gasteiger partial charge < -0.3 is 0 Å². The zero-order valence-corrected chi connectivity index (χ0v) is 10.8. The van der Waals surface area contributed by atoms with E-state index < -0.39 is 0 Å². The summed E-state index contributed by atoms with van der Waals surface area (Å²) in [4.78, 5) is 26.5. The summed E-state index contributed by atoms with van der Waals surface area (Å²) >= 11 is 0.947. The molecule has 0 aliphatic carbocycles. The average molecular weight is 264 g/mol. The molecule has 0 N–H and O–H groups in total. The number of carbonyl (C=O) groups excluding carboxylic acids is 2. The average Bonchev–Trinajstić information content (AvgIpc) is 2.11. The van der Waals surface area contributed by atoms with E-state index in [0.717, 1.165) is 15.0 Å². The number of hydrogen-bond donors (Lipinski definition) is 0. The van der Waals surface area contributed by atoms with Crippen molar-refractivity contribution in [3.05, 3.63) is 0 Å². The Kier molecular flexibility index (Phi) is 7.88. The molecule has 0 saturated heterocycles. The molecule has 0 bridgehead atoms. The Balaban J connectivity index is 3.63. The van der Waals surface area contributed by atoms with Crippen LogP contribution in [0.3, 0.4) is 0 Å². The third-order valence-corrected chi connectivity index (χ3v) is 2.64. The second-order valence-electron chi connectivity index (χ2n) is 3.81. The van der Waals surface area contributed by atoms with Gasteiger partial charge in [-0.1, -0.05) is 0 Å². The minimum atomic E-state index is -0.0452. The summed E-state index contributed by atoms with van der Waals surface area (Å²) in [7, 11) is 7.63. The standard InChI is InChI=1S/2C5H10NO.Cu/c2*1-6(2)4-3-5-7;/h2*3-4H2,1-2H3;. The van der Waals surface area contributed by atoms with E-state index in [0.29, 0.717) is 25.9 Å². The van der Waals surface area contributed by atoms with Crippen LogP contribution < -0.4 is 0 Å². The Morgan fingerprint density at radius 3 is 1.47 bits per heavy atom. The van der Waals surface area contributed by atoms with E-state index in [1.54, 1.807) is 0 Å². The van der Waals surface area contributed by atoms with Gasteiger partial charge in [0.1, 0.15) is 0 Å². The molecule has 0 radical (unpaired) electrons. The molecule has 0 amide bonds. The summed E-state index contributed by atoms with van der Waals surface area (Å²) in [5.41, 5.74) is 0. The zero-order valence-electron chi connectivity index (χ0n) is 9.84. The van der Waals surface area contributed by atoms with Crippen molar-refractivity contribution < 1.29 is 24.5 Å². The summed E-state index contributed by atoms with van der Waals surface area (Å²) in [5, 5.41) is 0. The van der Waals surface area contributed by atoms with Gasteiger partial charge in [-0.2, -0.15) is 0 Å². The molecular weight excluding hydrogens is 244 g/mol. The van der Waals surface area contributed by atoms with Crippen molar-refractivity contribution in [3.63, 3.8) is 0 Å². The first-order valence-electron chi connectivity index (χ1n) is 4.84. The molecule has 0 aliphatic heterocycles. The van der Waals surface area contributed by atoms with Gasteiger partial charge in [-0.3, -0.25) is 0 Å². The molecule has 0 aliphatic rings. The van der Waals surface area contributed by atoms with Gasteiger partial charge in [0, 0.05) is 0 Å². The topological polar surface area (TPSA) is 40.6 Å². The van der Waals surface area contributed by atoms with Crippen molar-refractivity contribution in [2.75, 3.05) is 41.3 Å². The second-order valence-corrected chi connectivity index (χ2v) is 5.09. The van der Waals surface area contributed by atoms with Crippen LogP contribution in [0.25, 0.3) is 0 Å². The van der Waals surface area contributed by atoms with Crippen LogP contribution in [0.4, 0.5) is 0 Å². The van der Waals surface area contributed by atoms with Gasteiger partial charge in [0.2, 0.25) is 0 Å². The fourth-order valence-corrected chi connectivity index (χ4v) is 1.51. The fourth-order valence-electron chi connectivity index (χ4n) is 0.775. The molecule has 0 spiro atoms. The molecule has 5 heteroatoms. The van der Waals surface area contributed by atoms with Crippen LogP contribution in [0.5, 0.6) is 0 Å². The van der Waals surface area contributed by atoms with Gasteiger partial charge in [-0.25, -0.2) is 0 Å². The van der Waals surface area contributed by atoms with E-state index in [-0.39, 0.29) is 9.36 Å². The van der Waals surface area contributed by atoms with Crippen molar-refractivity contribution in [3.8, 4) is 0 Å². The van der Waals surface area contributed by atoms with Crippen LogP contribution >= 0.6 is 0 Å². The third kappa shape index (κ3) is 10.1. The van der Waals surface area contributed by atoms with Crippen molar-refractivity contribution in [2.45, 2.75) is 12.8 Å². The molecule has 93 valence electrons. The molecule has 0 aromatic carbocycles. The van der Waals surface area contributed by atoms with Crippen molar-refractivity contribution in [1.29, 1.82) is 0 Å². The summed E-state index contributed by atoms with van der Waals surface area (Å²) in [6.07, 6.45) is 0.863. The number of hydrogen-bond acceptors (Lipinski definition) is 4. The van der Waals surface area contributed by atoms with Crippen LogP contribution in [-0.2, 0) is 24.5 Å². The second kappa shape index (κ2) is 7.99. The Labute approximate surface area is 98.1 Å². The molecule has 0 rings (SSSR count). The van der Waals surface area contributed by atoms with Gasteiger partial charge in [-0.05, 0) is 0 Å². The van der Waals surface area contributed by atoms with E-state index in [1.165, 1.54) is 0 Å². The Bertz CT molecular complexity index is 195. The molecule has 0 fully saturated rings. The first-order chi connectivity index (χ1) is 6.91. The summed E-state index contributed by atoms with van der Waals surface area (Å²) < 4.78 is -0.0904. The minimum absolute atomic E-state index is 0.0452. The van der Waals surface area contributed by atoms with Gasteiger partial charge in [0.05, 0.1) is 0 Å². The summed E-state index contributed by atoms with van der Waals surface area (Å²) in [6.45, 7) is 1.40. The van der Waals surface area contributed by atoms with Crippen molar-refractivity contribution >= 4 is 9.36 Å². The molecule has 0 saturated carbocycles. The first kappa shape index (κ1) is 14.8. The Hall–Kier alpha value is -0.221. The summed E-state index contributed by atoms with van der Waals surface area (Å²) in [6, 6.07) is 0. The number of nitrogens with zero attached hydrogens (tertiary/aromatic N) is 2. The van der Waals surface area contributed by atoms with Crippen LogP contribution in [0.15, 0.2) is 0 Å². The monoisotopic (exact) mass is 263 g/mol. The normalized spacial score (nSPS) is 11.3. The molecule has 0 atom stereocenters. The Morgan fingerprint density at radius 1 is 0.867 bits per heavy atom. The SMILES string of the molecule is CN(C)CC[C](=O)[Cu][C](=O)CCN(C)C. The van der Waals surface area contributed by atoms with Gasteiger partial charge in [0.25, 0.3) is 0 Å². The van der Waals surface area contributed by atoms with Crippen LogP contribution in [0.2, 0.25) is 0 Å². The molecule has 0 aromatic heterocycles. The summed E-state index contributed by atoms with van der Waals surface area (Å²) in [5.74, 6) is 0. The Morgan fingerprint density at radius 2 is 1.20 bits per heavy atom. The third-order valence-electron chi connectivity index (χ3n) is 1.64. The van der Waals surface area contributed by atoms with Gasteiger partial charge >= 0.3 is 97.8 Å². The molecule has 0 heterocycles. The maximum absolute atomic E-state index is 11.3. The quantitative estimate of drug-likeness (QED) is 0.580. The molecule has 0 aromatic rings. The fraction of sp³-hybridized carbons (Fsp3) is 0.800. The predicted molar refractivity (Wildman–Crippen MR) is 56.4 cm³/mol. The van der Waals surface area contributed by atoms with E-state index in [4.69, 9.17) is 0 Å². The van der Waals surface area contributed by atoms with E-state index in [1.807, 2.05) is 38.0 Å². The number of carbonyl (C=O) groups is 2. The number of rotatable bonds is 8. The molecular formula is C10H20CuN2O2. The van der Waals surface area contributed by atoms with E-state index in [2.05, 4.69) is 0 Å². The molecule has 15 heavy (non-hydrogen) atoms. The molecule has 4 nitrogen and oxygen atoms in total. The van der Waals surface area contributed by atoms with Crippen molar-refractivity contribution in [2.24, 2.45) is 0 Å². The van der Waals surface area contributed by atoms with Crippen molar-refractivity contribution in [1.82, 2.24) is 9.80 Å². The molecule has 0 unspecified atom stereocenters. The van der Waals surface area contributed by atoms with Gasteiger partial charge in [-0.15, -0.1) is 0 Å². The van der Waals surface area contributed by atoms with Gasteiger partial charge in [0.15, 0.2) is 0 Å². The first-order valence-corrected chi connectivity index (χ1v) is 5.78. The van der Waals surface area contributed by atoms with E-state index in [9.17, 15) is 9.59 Å². The zero-order chi connectivity index (χ0) is 11.8. The predicted octanol–water partition coefficient (Wildman–Crippen LogP) is 0.0255. The maximum atomic E-state index is 11.3.